The molecule has 1 aliphatic rings. The molecule has 1 atom stereocenters. The molecule has 0 saturated carbocycles. The minimum atomic E-state index is 0.807. The van der Waals surface area contributed by atoms with Gasteiger partial charge in [-0.25, -0.2) is 0 Å². The number of nitrogens with zero attached hydrogens (tertiary/aromatic N) is 2. The van der Waals surface area contributed by atoms with Crippen molar-refractivity contribution < 1.29 is 0 Å². The number of piperazine rings is 1. The first kappa shape index (κ1) is 13.9. The van der Waals surface area contributed by atoms with Crippen LogP contribution in [-0.4, -0.2) is 55.6 Å². The molecule has 1 rings (SSSR count). The third-order valence-corrected chi connectivity index (χ3v) is 3.74. The first-order valence-corrected chi connectivity index (χ1v) is 6.91. The van der Waals surface area contributed by atoms with E-state index in [1.54, 1.807) is 0 Å². The molecule has 0 aromatic rings. The Kier molecular flexibility index (Phi) is 7.01. The zero-order valence-electron chi connectivity index (χ0n) is 11.1. The first-order chi connectivity index (χ1) is 7.76. The number of likely N-dealkylation sites (N-methyl/N-ethyl adjacent to an activating group) is 1. The van der Waals surface area contributed by atoms with E-state index >= 15 is 0 Å². The van der Waals surface area contributed by atoms with E-state index in [-0.39, 0.29) is 0 Å². The standard InChI is InChI=1S/C13H29N3/c1-3-15-9-11-16(12-10-15)8-4-5-13(2)6-7-14/h13H,3-12,14H2,1-2H3. The average molecular weight is 227 g/mol. The summed E-state index contributed by atoms with van der Waals surface area (Å²) >= 11 is 0. The van der Waals surface area contributed by atoms with Gasteiger partial charge in [0.1, 0.15) is 0 Å². The molecular weight excluding hydrogens is 198 g/mol. The highest BCUT2D eigenvalue weighted by Crippen LogP contribution is 2.10. The van der Waals surface area contributed by atoms with Crippen LogP contribution in [0.4, 0.5) is 0 Å². The fourth-order valence-corrected chi connectivity index (χ4v) is 2.42. The van der Waals surface area contributed by atoms with Gasteiger partial charge in [0.15, 0.2) is 0 Å². The van der Waals surface area contributed by atoms with E-state index in [4.69, 9.17) is 5.73 Å². The van der Waals surface area contributed by atoms with Crippen LogP contribution in [0.5, 0.6) is 0 Å². The lowest BCUT2D eigenvalue weighted by molar-refractivity contribution is 0.134. The second-order valence-corrected chi connectivity index (χ2v) is 5.10. The molecule has 1 aliphatic heterocycles. The van der Waals surface area contributed by atoms with Crippen molar-refractivity contribution in [2.45, 2.75) is 33.1 Å². The first-order valence-electron chi connectivity index (χ1n) is 6.91. The van der Waals surface area contributed by atoms with Crippen molar-refractivity contribution in [3.05, 3.63) is 0 Å². The van der Waals surface area contributed by atoms with Crippen molar-refractivity contribution in [1.29, 1.82) is 0 Å². The van der Waals surface area contributed by atoms with E-state index in [2.05, 4.69) is 23.6 Å². The van der Waals surface area contributed by atoms with Crippen LogP contribution in [0.1, 0.15) is 33.1 Å². The van der Waals surface area contributed by atoms with Gasteiger partial charge in [-0.1, -0.05) is 13.8 Å². The monoisotopic (exact) mass is 227 g/mol. The molecule has 0 aromatic carbocycles. The van der Waals surface area contributed by atoms with Crippen LogP contribution >= 0.6 is 0 Å². The van der Waals surface area contributed by atoms with Gasteiger partial charge < -0.3 is 15.5 Å². The summed E-state index contributed by atoms with van der Waals surface area (Å²) in [7, 11) is 0. The lowest BCUT2D eigenvalue weighted by Crippen LogP contribution is -2.46. The molecule has 16 heavy (non-hydrogen) atoms. The molecule has 1 heterocycles. The number of hydrogen-bond acceptors (Lipinski definition) is 3. The minimum Gasteiger partial charge on any atom is -0.330 e. The maximum absolute atomic E-state index is 5.56. The number of hydrogen-bond donors (Lipinski definition) is 1. The van der Waals surface area contributed by atoms with Gasteiger partial charge in [0.05, 0.1) is 0 Å². The summed E-state index contributed by atoms with van der Waals surface area (Å²) in [5.74, 6) is 0.807. The predicted octanol–water partition coefficient (Wildman–Crippen LogP) is 1.39. The Morgan fingerprint density at radius 1 is 1.06 bits per heavy atom. The van der Waals surface area contributed by atoms with Gasteiger partial charge in [-0.3, -0.25) is 0 Å². The highest BCUT2D eigenvalue weighted by molar-refractivity contribution is 4.71. The van der Waals surface area contributed by atoms with Crippen LogP contribution in [0.3, 0.4) is 0 Å². The van der Waals surface area contributed by atoms with Gasteiger partial charge in [-0.2, -0.15) is 0 Å². The summed E-state index contributed by atoms with van der Waals surface area (Å²) in [6.07, 6.45) is 3.86. The Morgan fingerprint density at radius 2 is 1.69 bits per heavy atom. The van der Waals surface area contributed by atoms with E-state index in [1.807, 2.05) is 0 Å². The summed E-state index contributed by atoms with van der Waals surface area (Å²) < 4.78 is 0. The zero-order valence-corrected chi connectivity index (χ0v) is 11.1. The summed E-state index contributed by atoms with van der Waals surface area (Å²) in [5.41, 5.74) is 5.56. The van der Waals surface area contributed by atoms with E-state index in [0.717, 1.165) is 12.5 Å². The van der Waals surface area contributed by atoms with Crippen LogP contribution in [-0.2, 0) is 0 Å². The average Bonchev–Trinajstić information content (AvgIpc) is 2.30. The Hall–Kier alpha value is -0.120. The quantitative estimate of drug-likeness (QED) is 0.713. The van der Waals surface area contributed by atoms with E-state index < -0.39 is 0 Å². The Labute approximate surface area is 101 Å². The third kappa shape index (κ3) is 5.28. The molecule has 0 aromatic heterocycles. The molecule has 0 amide bonds. The van der Waals surface area contributed by atoms with Crippen molar-refractivity contribution in [3.63, 3.8) is 0 Å². The molecule has 0 bridgehead atoms. The highest BCUT2D eigenvalue weighted by Gasteiger charge is 2.14. The SMILES string of the molecule is CCN1CCN(CCCC(C)CCN)CC1. The molecule has 0 spiro atoms. The predicted molar refractivity (Wildman–Crippen MR) is 70.6 cm³/mol. The Balaban J connectivity index is 2.02. The molecule has 1 fully saturated rings. The lowest BCUT2D eigenvalue weighted by atomic mass is 10.0. The van der Waals surface area contributed by atoms with Crippen molar-refractivity contribution in [2.24, 2.45) is 11.7 Å². The fourth-order valence-electron chi connectivity index (χ4n) is 2.42. The normalized spacial score (nSPS) is 21.2. The lowest BCUT2D eigenvalue weighted by Gasteiger charge is -2.34. The number of nitrogens with two attached hydrogens (primary N) is 1. The molecule has 1 unspecified atom stereocenters. The van der Waals surface area contributed by atoms with E-state index in [9.17, 15) is 0 Å². The van der Waals surface area contributed by atoms with Crippen molar-refractivity contribution >= 4 is 0 Å². The van der Waals surface area contributed by atoms with Gasteiger partial charge in [0.25, 0.3) is 0 Å². The zero-order chi connectivity index (χ0) is 11.8. The summed E-state index contributed by atoms with van der Waals surface area (Å²) in [6, 6.07) is 0. The van der Waals surface area contributed by atoms with Gasteiger partial charge in [0.2, 0.25) is 0 Å². The van der Waals surface area contributed by atoms with Gasteiger partial charge in [-0.15, -0.1) is 0 Å². The molecular formula is C13H29N3. The fraction of sp³-hybridized carbons (Fsp3) is 1.00. The molecule has 1 saturated heterocycles. The maximum atomic E-state index is 5.56. The highest BCUT2D eigenvalue weighted by atomic mass is 15.3. The molecule has 0 aliphatic carbocycles. The van der Waals surface area contributed by atoms with Crippen LogP contribution in [0.15, 0.2) is 0 Å². The van der Waals surface area contributed by atoms with Gasteiger partial charge in [-0.05, 0) is 44.8 Å². The van der Waals surface area contributed by atoms with Crippen molar-refractivity contribution in [2.75, 3.05) is 45.8 Å². The molecule has 96 valence electrons. The van der Waals surface area contributed by atoms with Crippen LogP contribution in [0.2, 0.25) is 0 Å². The second-order valence-electron chi connectivity index (χ2n) is 5.10. The second kappa shape index (κ2) is 8.04. The van der Waals surface area contributed by atoms with E-state index in [1.165, 1.54) is 58.5 Å². The molecule has 3 heteroatoms. The van der Waals surface area contributed by atoms with Gasteiger partial charge in [0, 0.05) is 26.2 Å². The topological polar surface area (TPSA) is 32.5 Å². The minimum absolute atomic E-state index is 0.807. The Morgan fingerprint density at radius 3 is 2.25 bits per heavy atom. The summed E-state index contributed by atoms with van der Waals surface area (Å²) in [6.45, 7) is 13.0. The summed E-state index contributed by atoms with van der Waals surface area (Å²) in [5, 5.41) is 0. The van der Waals surface area contributed by atoms with Crippen molar-refractivity contribution in [1.82, 2.24) is 9.80 Å². The molecule has 2 N–H and O–H groups in total. The van der Waals surface area contributed by atoms with Crippen molar-refractivity contribution in [3.8, 4) is 0 Å². The third-order valence-electron chi connectivity index (χ3n) is 3.74. The largest absolute Gasteiger partial charge is 0.330 e. The molecule has 0 radical (unpaired) electrons. The molecule has 3 nitrogen and oxygen atoms in total. The van der Waals surface area contributed by atoms with Gasteiger partial charge >= 0.3 is 0 Å². The van der Waals surface area contributed by atoms with Crippen LogP contribution in [0, 0.1) is 5.92 Å². The van der Waals surface area contributed by atoms with Crippen LogP contribution in [0.25, 0.3) is 0 Å². The maximum Gasteiger partial charge on any atom is 0.0110 e. The van der Waals surface area contributed by atoms with Crippen LogP contribution < -0.4 is 5.73 Å². The Bertz CT molecular complexity index is 165. The number of rotatable bonds is 7. The van der Waals surface area contributed by atoms with E-state index in [0.29, 0.717) is 0 Å². The smallest absolute Gasteiger partial charge is 0.0110 e. The summed E-state index contributed by atoms with van der Waals surface area (Å²) in [4.78, 5) is 5.15.